The lowest BCUT2D eigenvalue weighted by Gasteiger charge is -2.27. The molecule has 4 unspecified atom stereocenters. The Morgan fingerprint density at radius 3 is 2.62 bits per heavy atom. The normalized spacial score (nSPS) is 36.9. The second-order valence-electron chi connectivity index (χ2n) is 7.26. The topological polar surface area (TPSA) is 60.7 Å². The van der Waals surface area contributed by atoms with Crippen molar-refractivity contribution in [2.45, 2.75) is 75.6 Å². The molecule has 0 saturated heterocycles. The van der Waals surface area contributed by atoms with E-state index in [0.29, 0.717) is 18.8 Å². The Morgan fingerprint density at radius 2 is 1.81 bits per heavy atom. The number of rotatable bonds is 1. The maximum absolute atomic E-state index is 10.4. The van der Waals surface area contributed by atoms with E-state index in [4.69, 9.17) is 0 Å². The van der Waals surface area contributed by atoms with Crippen molar-refractivity contribution in [2.24, 2.45) is 0 Å². The van der Waals surface area contributed by atoms with Gasteiger partial charge < -0.3 is 15.3 Å². The van der Waals surface area contributed by atoms with Crippen LogP contribution in [0.25, 0.3) is 0 Å². The minimum atomic E-state index is -0.785. The summed E-state index contributed by atoms with van der Waals surface area (Å²) in [4.78, 5) is 0. The second-order valence-corrected chi connectivity index (χ2v) is 7.26. The molecule has 3 rings (SSSR count). The molecule has 0 amide bonds. The van der Waals surface area contributed by atoms with E-state index < -0.39 is 11.7 Å². The largest absolute Gasteiger partial charge is 0.393 e. The third kappa shape index (κ3) is 3.47. The first-order chi connectivity index (χ1) is 9.93. The van der Waals surface area contributed by atoms with Crippen LogP contribution in [0.2, 0.25) is 0 Å². The molecule has 0 bridgehead atoms. The van der Waals surface area contributed by atoms with Crippen molar-refractivity contribution in [3.05, 3.63) is 34.9 Å². The van der Waals surface area contributed by atoms with E-state index in [2.05, 4.69) is 18.2 Å². The standard InChI is InChI=1S/C18H26O3/c1-18(21)10-15(5-7-17(20)11-18)13-2-3-14-9-16(19)6-4-12(14)8-13/h2-3,8,15-17,19-21H,4-7,9-11H2,1H3. The Labute approximate surface area is 126 Å². The summed E-state index contributed by atoms with van der Waals surface area (Å²) in [6, 6.07) is 6.55. The van der Waals surface area contributed by atoms with Crippen LogP contribution >= 0.6 is 0 Å². The highest BCUT2D eigenvalue weighted by atomic mass is 16.3. The highest BCUT2D eigenvalue weighted by Crippen LogP contribution is 2.38. The Balaban J connectivity index is 1.83. The lowest BCUT2D eigenvalue weighted by atomic mass is 9.82. The second kappa shape index (κ2) is 5.71. The van der Waals surface area contributed by atoms with Gasteiger partial charge in [-0.2, -0.15) is 0 Å². The molecule has 1 saturated carbocycles. The smallest absolute Gasteiger partial charge is 0.0650 e. The van der Waals surface area contributed by atoms with Gasteiger partial charge in [0.25, 0.3) is 0 Å². The molecule has 1 fully saturated rings. The van der Waals surface area contributed by atoms with Crippen molar-refractivity contribution in [1.82, 2.24) is 0 Å². The van der Waals surface area contributed by atoms with E-state index >= 15 is 0 Å². The van der Waals surface area contributed by atoms with Crippen molar-refractivity contribution in [2.75, 3.05) is 0 Å². The summed E-state index contributed by atoms with van der Waals surface area (Å²) >= 11 is 0. The van der Waals surface area contributed by atoms with Gasteiger partial charge in [0.2, 0.25) is 0 Å². The van der Waals surface area contributed by atoms with E-state index in [-0.39, 0.29) is 6.10 Å². The van der Waals surface area contributed by atoms with E-state index in [1.54, 1.807) is 0 Å². The van der Waals surface area contributed by atoms with Crippen LogP contribution in [-0.4, -0.2) is 33.1 Å². The summed E-state index contributed by atoms with van der Waals surface area (Å²) in [6.45, 7) is 1.84. The SMILES string of the molecule is CC1(O)CC(O)CCC(c2ccc3c(c2)CCC(O)C3)C1. The van der Waals surface area contributed by atoms with Gasteiger partial charge in [0, 0.05) is 6.42 Å². The molecule has 21 heavy (non-hydrogen) atoms. The average molecular weight is 290 g/mol. The van der Waals surface area contributed by atoms with E-state index in [9.17, 15) is 15.3 Å². The van der Waals surface area contributed by atoms with Gasteiger partial charge in [-0.3, -0.25) is 0 Å². The molecule has 3 N–H and O–H groups in total. The Kier molecular flexibility index (Phi) is 4.08. The van der Waals surface area contributed by atoms with Crippen LogP contribution in [0.15, 0.2) is 18.2 Å². The maximum atomic E-state index is 10.4. The van der Waals surface area contributed by atoms with Crippen LogP contribution in [-0.2, 0) is 12.8 Å². The van der Waals surface area contributed by atoms with Gasteiger partial charge in [0.15, 0.2) is 0 Å². The van der Waals surface area contributed by atoms with Crippen molar-refractivity contribution >= 4 is 0 Å². The molecule has 0 aliphatic heterocycles. The molecule has 3 nitrogen and oxygen atoms in total. The highest BCUT2D eigenvalue weighted by molar-refractivity contribution is 5.36. The zero-order valence-electron chi connectivity index (χ0n) is 12.8. The van der Waals surface area contributed by atoms with E-state index in [0.717, 1.165) is 32.1 Å². The fourth-order valence-electron chi connectivity index (χ4n) is 4.01. The van der Waals surface area contributed by atoms with E-state index in [1.807, 2.05) is 6.92 Å². The molecule has 0 aromatic heterocycles. The predicted molar refractivity (Wildman–Crippen MR) is 82.3 cm³/mol. The number of aliphatic hydroxyl groups excluding tert-OH is 2. The Hall–Kier alpha value is -0.900. The van der Waals surface area contributed by atoms with Gasteiger partial charge in [-0.1, -0.05) is 18.2 Å². The average Bonchev–Trinajstić information content (AvgIpc) is 2.55. The quantitative estimate of drug-likeness (QED) is 0.696. The van der Waals surface area contributed by atoms with Gasteiger partial charge in [-0.25, -0.2) is 0 Å². The van der Waals surface area contributed by atoms with Crippen LogP contribution in [0.5, 0.6) is 0 Å². The summed E-state index contributed by atoms with van der Waals surface area (Å²) < 4.78 is 0. The summed E-state index contributed by atoms with van der Waals surface area (Å²) in [5, 5.41) is 30.1. The first-order valence-electron chi connectivity index (χ1n) is 8.13. The van der Waals surface area contributed by atoms with Gasteiger partial charge >= 0.3 is 0 Å². The monoisotopic (exact) mass is 290 g/mol. The first-order valence-corrected chi connectivity index (χ1v) is 8.13. The van der Waals surface area contributed by atoms with E-state index in [1.165, 1.54) is 16.7 Å². The summed E-state index contributed by atoms with van der Waals surface area (Å²) in [5.41, 5.74) is 3.10. The molecular formula is C18H26O3. The molecule has 0 heterocycles. The summed E-state index contributed by atoms with van der Waals surface area (Å²) in [5.74, 6) is 0.314. The van der Waals surface area contributed by atoms with Gasteiger partial charge in [0.05, 0.1) is 17.8 Å². The van der Waals surface area contributed by atoms with Crippen LogP contribution in [0.3, 0.4) is 0 Å². The number of hydrogen-bond donors (Lipinski definition) is 3. The highest BCUT2D eigenvalue weighted by Gasteiger charge is 2.33. The van der Waals surface area contributed by atoms with Gasteiger partial charge in [0.1, 0.15) is 0 Å². The molecule has 2 aliphatic rings. The summed E-state index contributed by atoms with van der Waals surface area (Å²) in [6.07, 6.45) is 4.83. The Morgan fingerprint density at radius 1 is 1.00 bits per heavy atom. The lowest BCUT2D eigenvalue weighted by Crippen LogP contribution is -2.29. The lowest BCUT2D eigenvalue weighted by molar-refractivity contribution is 0.00413. The van der Waals surface area contributed by atoms with Crippen molar-refractivity contribution in [3.8, 4) is 0 Å². The van der Waals surface area contributed by atoms with Crippen LogP contribution in [0.4, 0.5) is 0 Å². The van der Waals surface area contributed by atoms with Crippen molar-refractivity contribution in [1.29, 1.82) is 0 Å². The molecule has 1 aromatic carbocycles. The number of hydrogen-bond acceptors (Lipinski definition) is 3. The fourth-order valence-corrected chi connectivity index (χ4v) is 4.01. The minimum absolute atomic E-state index is 0.197. The first kappa shape index (κ1) is 15.0. The predicted octanol–water partition coefficient (Wildman–Crippen LogP) is 2.31. The molecular weight excluding hydrogens is 264 g/mol. The van der Waals surface area contributed by atoms with Crippen LogP contribution in [0, 0.1) is 0 Å². The zero-order valence-corrected chi connectivity index (χ0v) is 12.8. The third-order valence-electron chi connectivity index (χ3n) is 5.11. The Bertz CT molecular complexity index is 509. The fraction of sp³-hybridized carbons (Fsp3) is 0.667. The number of aryl methyl sites for hydroxylation is 1. The van der Waals surface area contributed by atoms with Crippen LogP contribution < -0.4 is 0 Å². The number of fused-ring (bicyclic) bond motifs is 1. The van der Waals surface area contributed by atoms with Gasteiger partial charge in [-0.15, -0.1) is 0 Å². The molecule has 4 atom stereocenters. The molecule has 3 heteroatoms. The molecule has 1 aromatic rings. The van der Waals surface area contributed by atoms with Crippen molar-refractivity contribution in [3.63, 3.8) is 0 Å². The van der Waals surface area contributed by atoms with Gasteiger partial charge in [-0.05, 0) is 68.1 Å². The zero-order chi connectivity index (χ0) is 15.0. The minimum Gasteiger partial charge on any atom is -0.393 e. The summed E-state index contributed by atoms with van der Waals surface area (Å²) in [7, 11) is 0. The number of benzene rings is 1. The molecule has 2 aliphatic carbocycles. The van der Waals surface area contributed by atoms with Crippen molar-refractivity contribution < 1.29 is 15.3 Å². The third-order valence-corrected chi connectivity index (χ3v) is 5.11. The van der Waals surface area contributed by atoms with Crippen LogP contribution in [0.1, 0.15) is 61.6 Å². The maximum Gasteiger partial charge on any atom is 0.0650 e. The molecule has 116 valence electrons. The molecule has 0 radical (unpaired) electrons. The molecule has 0 spiro atoms. The number of aliphatic hydroxyl groups is 3.